The van der Waals surface area contributed by atoms with Crippen molar-refractivity contribution in [3.63, 3.8) is 0 Å². The predicted octanol–water partition coefficient (Wildman–Crippen LogP) is 18.4. The highest BCUT2D eigenvalue weighted by Crippen LogP contribution is 2.18. The number of unbranched alkanes of at least 4 members (excludes halogenated alkanes) is 41. The molecule has 0 rings (SSSR count). The zero-order valence-corrected chi connectivity index (χ0v) is 42.2. The van der Waals surface area contributed by atoms with Gasteiger partial charge in [-0.3, -0.25) is 14.4 Å². The lowest BCUT2D eigenvalue weighted by atomic mass is 10.0. The molecule has 0 heterocycles. The van der Waals surface area contributed by atoms with Crippen LogP contribution in [0.1, 0.15) is 323 Å². The van der Waals surface area contributed by atoms with Crippen molar-refractivity contribution in [3.05, 3.63) is 0 Å². The van der Waals surface area contributed by atoms with Gasteiger partial charge >= 0.3 is 17.9 Å². The first kappa shape index (κ1) is 60.4. The predicted molar refractivity (Wildman–Crippen MR) is 266 cm³/mol. The normalized spacial score (nSPS) is 11.9. The highest BCUT2D eigenvalue weighted by atomic mass is 16.6. The van der Waals surface area contributed by atoms with E-state index < -0.39 is 6.10 Å². The maximum Gasteiger partial charge on any atom is 0.306 e. The van der Waals surface area contributed by atoms with Gasteiger partial charge in [0.1, 0.15) is 13.2 Å². The van der Waals surface area contributed by atoms with Gasteiger partial charge in [0.25, 0.3) is 0 Å². The Bertz CT molecular complexity index is 920. The van der Waals surface area contributed by atoms with E-state index in [1.165, 1.54) is 225 Å². The molecule has 0 bridgehead atoms. The summed E-state index contributed by atoms with van der Waals surface area (Å²) in [5, 5.41) is 0. The number of rotatable bonds is 52. The van der Waals surface area contributed by atoms with E-state index in [1.54, 1.807) is 0 Å². The fraction of sp³-hybridized carbons (Fsp3) is 0.946. The number of carbonyl (C=O) groups excluding carboxylic acids is 3. The van der Waals surface area contributed by atoms with E-state index in [-0.39, 0.29) is 31.1 Å². The SMILES string of the molecule is CCCCCCCCCCCCCCCCCCCCCCCCCCCCCC(=O)OCC(COC(=O)CCCCCCCCC)OC(=O)CCCCCCCCCCCC. The van der Waals surface area contributed by atoms with Crippen LogP contribution in [0.25, 0.3) is 0 Å². The van der Waals surface area contributed by atoms with Crippen LogP contribution in [0.15, 0.2) is 0 Å². The molecule has 0 saturated carbocycles. The van der Waals surface area contributed by atoms with Crippen LogP contribution in [0.5, 0.6) is 0 Å². The van der Waals surface area contributed by atoms with E-state index in [9.17, 15) is 14.4 Å². The van der Waals surface area contributed by atoms with Crippen LogP contribution >= 0.6 is 0 Å². The summed E-state index contributed by atoms with van der Waals surface area (Å²) in [6.45, 7) is 6.63. The van der Waals surface area contributed by atoms with E-state index in [4.69, 9.17) is 14.2 Å². The molecule has 0 aromatic heterocycles. The Kier molecular flexibility index (Phi) is 50.7. The number of hydrogen-bond donors (Lipinski definition) is 0. The summed E-state index contributed by atoms with van der Waals surface area (Å²) in [4.78, 5) is 37.7. The lowest BCUT2D eigenvalue weighted by Gasteiger charge is -2.18. The lowest BCUT2D eigenvalue weighted by Crippen LogP contribution is -2.30. The Morgan fingerprint density at radius 2 is 0.435 bits per heavy atom. The molecule has 6 heteroatoms. The molecular weight excluding hydrogens is 769 g/mol. The van der Waals surface area contributed by atoms with Gasteiger partial charge in [-0.05, 0) is 19.3 Å². The molecule has 0 aliphatic heterocycles. The highest BCUT2D eigenvalue weighted by Gasteiger charge is 2.19. The van der Waals surface area contributed by atoms with Crippen LogP contribution in [0.2, 0.25) is 0 Å². The summed E-state index contributed by atoms with van der Waals surface area (Å²) in [5.74, 6) is -0.851. The highest BCUT2D eigenvalue weighted by molar-refractivity contribution is 5.71. The Labute approximate surface area is 387 Å². The third-order valence-corrected chi connectivity index (χ3v) is 12.9. The Morgan fingerprint density at radius 1 is 0.258 bits per heavy atom. The van der Waals surface area contributed by atoms with Gasteiger partial charge in [-0.1, -0.05) is 284 Å². The van der Waals surface area contributed by atoms with Crippen molar-refractivity contribution in [3.8, 4) is 0 Å². The van der Waals surface area contributed by atoms with Crippen molar-refractivity contribution >= 4 is 17.9 Å². The summed E-state index contributed by atoms with van der Waals surface area (Å²) < 4.78 is 16.7. The molecule has 62 heavy (non-hydrogen) atoms. The van der Waals surface area contributed by atoms with Crippen LogP contribution in [0, 0.1) is 0 Å². The smallest absolute Gasteiger partial charge is 0.306 e. The average Bonchev–Trinajstić information content (AvgIpc) is 3.27. The standard InChI is InChI=1S/C56H108O6/c1-4-7-10-13-16-18-20-21-22-23-24-25-26-27-28-29-30-31-32-33-34-35-36-38-40-43-46-49-55(58)61-52-53(51-60-54(57)48-45-42-39-15-12-9-6-3)62-56(59)50-47-44-41-37-19-17-14-11-8-5-2/h53H,4-52H2,1-3H3. The monoisotopic (exact) mass is 877 g/mol. The molecule has 0 radical (unpaired) electrons. The van der Waals surface area contributed by atoms with Crippen LogP contribution in [-0.2, 0) is 28.6 Å². The molecule has 0 amide bonds. The first-order chi connectivity index (χ1) is 30.5. The molecule has 1 atom stereocenters. The van der Waals surface area contributed by atoms with Crippen molar-refractivity contribution in [1.29, 1.82) is 0 Å². The summed E-state index contributed by atoms with van der Waals surface area (Å²) in [7, 11) is 0. The molecule has 0 saturated heterocycles. The molecule has 0 aliphatic carbocycles. The fourth-order valence-corrected chi connectivity index (χ4v) is 8.62. The number of hydrogen-bond acceptors (Lipinski definition) is 6. The van der Waals surface area contributed by atoms with E-state index in [1.807, 2.05) is 0 Å². The summed E-state index contributed by atoms with van der Waals surface area (Å²) >= 11 is 0. The molecule has 368 valence electrons. The molecule has 6 nitrogen and oxygen atoms in total. The minimum absolute atomic E-state index is 0.0627. The van der Waals surface area contributed by atoms with E-state index in [0.717, 1.165) is 57.8 Å². The molecule has 0 spiro atoms. The molecule has 0 aromatic carbocycles. The summed E-state index contributed by atoms with van der Waals surface area (Å²) in [6.07, 6.45) is 57.1. The second kappa shape index (κ2) is 52.0. The molecular formula is C56H108O6. The summed E-state index contributed by atoms with van der Waals surface area (Å²) in [6, 6.07) is 0. The topological polar surface area (TPSA) is 78.9 Å². The van der Waals surface area contributed by atoms with Crippen molar-refractivity contribution in [1.82, 2.24) is 0 Å². The Morgan fingerprint density at radius 3 is 0.645 bits per heavy atom. The first-order valence-corrected chi connectivity index (χ1v) is 28.0. The van der Waals surface area contributed by atoms with Gasteiger partial charge < -0.3 is 14.2 Å². The van der Waals surface area contributed by atoms with Gasteiger partial charge in [-0.15, -0.1) is 0 Å². The van der Waals surface area contributed by atoms with Crippen LogP contribution in [0.4, 0.5) is 0 Å². The van der Waals surface area contributed by atoms with Crippen molar-refractivity contribution < 1.29 is 28.6 Å². The van der Waals surface area contributed by atoms with Gasteiger partial charge in [0.2, 0.25) is 0 Å². The van der Waals surface area contributed by atoms with Crippen LogP contribution < -0.4 is 0 Å². The zero-order valence-electron chi connectivity index (χ0n) is 42.2. The second-order valence-corrected chi connectivity index (χ2v) is 19.2. The Balaban J connectivity index is 3.94. The molecule has 0 fully saturated rings. The third kappa shape index (κ3) is 49.4. The first-order valence-electron chi connectivity index (χ1n) is 28.0. The van der Waals surface area contributed by atoms with Gasteiger partial charge in [0.15, 0.2) is 6.10 Å². The second-order valence-electron chi connectivity index (χ2n) is 19.2. The van der Waals surface area contributed by atoms with E-state index in [0.29, 0.717) is 19.3 Å². The molecule has 0 aromatic rings. The molecule has 1 unspecified atom stereocenters. The largest absolute Gasteiger partial charge is 0.462 e. The third-order valence-electron chi connectivity index (χ3n) is 12.9. The van der Waals surface area contributed by atoms with E-state index >= 15 is 0 Å². The number of ether oxygens (including phenoxy) is 3. The van der Waals surface area contributed by atoms with Gasteiger partial charge in [-0.25, -0.2) is 0 Å². The number of esters is 3. The van der Waals surface area contributed by atoms with Gasteiger partial charge in [0, 0.05) is 19.3 Å². The average molecular weight is 877 g/mol. The fourth-order valence-electron chi connectivity index (χ4n) is 8.62. The van der Waals surface area contributed by atoms with Crippen LogP contribution in [0.3, 0.4) is 0 Å². The van der Waals surface area contributed by atoms with Crippen molar-refractivity contribution in [2.24, 2.45) is 0 Å². The Hall–Kier alpha value is -1.59. The maximum absolute atomic E-state index is 12.7. The van der Waals surface area contributed by atoms with E-state index in [2.05, 4.69) is 20.8 Å². The molecule has 0 N–H and O–H groups in total. The van der Waals surface area contributed by atoms with Gasteiger partial charge in [0.05, 0.1) is 0 Å². The number of carbonyl (C=O) groups is 3. The van der Waals surface area contributed by atoms with Crippen molar-refractivity contribution in [2.45, 2.75) is 329 Å². The van der Waals surface area contributed by atoms with Gasteiger partial charge in [-0.2, -0.15) is 0 Å². The minimum atomic E-state index is -0.758. The van der Waals surface area contributed by atoms with Crippen LogP contribution in [-0.4, -0.2) is 37.2 Å². The summed E-state index contributed by atoms with van der Waals surface area (Å²) in [5.41, 5.74) is 0. The zero-order chi connectivity index (χ0) is 45.1. The molecule has 0 aliphatic rings. The quantitative estimate of drug-likeness (QED) is 0.0344. The minimum Gasteiger partial charge on any atom is -0.462 e. The lowest BCUT2D eigenvalue weighted by molar-refractivity contribution is -0.167. The maximum atomic E-state index is 12.7. The van der Waals surface area contributed by atoms with Crippen molar-refractivity contribution in [2.75, 3.05) is 13.2 Å².